The van der Waals surface area contributed by atoms with Crippen molar-refractivity contribution >= 4 is 22.3 Å². The number of anilines is 2. The minimum Gasteiger partial charge on any atom is -0.492 e. The Bertz CT molecular complexity index is 873. The summed E-state index contributed by atoms with van der Waals surface area (Å²) in [6, 6.07) is 16.5. The number of benzene rings is 2. The van der Waals surface area contributed by atoms with Gasteiger partial charge < -0.3 is 10.1 Å². The number of hydrogen-bond acceptors (Lipinski definition) is 3. The highest BCUT2D eigenvalue weighted by atomic mass is 16.5. The van der Waals surface area contributed by atoms with Gasteiger partial charge in [0.15, 0.2) is 0 Å². The highest BCUT2D eigenvalue weighted by Gasteiger charge is 2.18. The van der Waals surface area contributed by atoms with E-state index >= 15 is 0 Å². The van der Waals surface area contributed by atoms with E-state index in [1.165, 1.54) is 35.2 Å². The summed E-state index contributed by atoms with van der Waals surface area (Å²) < 4.78 is 5.79. The van der Waals surface area contributed by atoms with Gasteiger partial charge in [0.25, 0.3) is 0 Å². The van der Waals surface area contributed by atoms with E-state index in [2.05, 4.69) is 35.6 Å². The molecule has 0 radical (unpaired) electrons. The molecule has 0 bridgehead atoms. The predicted octanol–water partition coefficient (Wildman–Crippen LogP) is 5.26. The second kappa shape index (κ2) is 6.52. The van der Waals surface area contributed by atoms with Crippen LogP contribution in [0, 0.1) is 0 Å². The molecule has 0 spiro atoms. The van der Waals surface area contributed by atoms with Crippen LogP contribution in [0.1, 0.15) is 31.0 Å². The lowest BCUT2D eigenvalue weighted by atomic mass is 9.92. The number of hydrogen-bond donors (Lipinski definition) is 1. The van der Waals surface area contributed by atoms with Gasteiger partial charge in [-0.05, 0) is 56.4 Å². The molecule has 0 saturated heterocycles. The average molecular weight is 318 g/mol. The number of aryl methyl sites for hydroxylation is 1. The number of ether oxygens (including phenoxy) is 1. The quantitative estimate of drug-likeness (QED) is 0.713. The van der Waals surface area contributed by atoms with Crippen LogP contribution >= 0.6 is 0 Å². The van der Waals surface area contributed by atoms with Crippen molar-refractivity contribution in [1.29, 1.82) is 0 Å². The van der Waals surface area contributed by atoms with Crippen molar-refractivity contribution in [3.63, 3.8) is 0 Å². The number of aromatic nitrogens is 1. The Kier molecular flexibility index (Phi) is 4.08. The second-order valence-electron chi connectivity index (χ2n) is 6.19. The summed E-state index contributed by atoms with van der Waals surface area (Å²) in [7, 11) is 0. The Morgan fingerprint density at radius 3 is 2.71 bits per heavy atom. The molecule has 0 fully saturated rings. The van der Waals surface area contributed by atoms with E-state index in [4.69, 9.17) is 9.72 Å². The third-order valence-corrected chi connectivity index (χ3v) is 4.62. The van der Waals surface area contributed by atoms with Gasteiger partial charge in [0.2, 0.25) is 0 Å². The Hall–Kier alpha value is -2.55. The first-order valence-electron chi connectivity index (χ1n) is 8.76. The van der Waals surface area contributed by atoms with Crippen LogP contribution in [0.4, 0.5) is 11.4 Å². The normalized spacial score (nSPS) is 13.5. The van der Waals surface area contributed by atoms with Crippen molar-refractivity contribution < 1.29 is 4.74 Å². The lowest BCUT2D eigenvalue weighted by molar-refractivity contribution is 0.342. The molecule has 2 aromatic carbocycles. The number of pyridine rings is 1. The summed E-state index contributed by atoms with van der Waals surface area (Å²) in [5.41, 5.74) is 5.89. The lowest BCUT2D eigenvalue weighted by Crippen LogP contribution is -2.10. The van der Waals surface area contributed by atoms with Gasteiger partial charge >= 0.3 is 0 Å². The topological polar surface area (TPSA) is 34.1 Å². The van der Waals surface area contributed by atoms with Crippen LogP contribution in [-0.4, -0.2) is 11.6 Å². The number of nitrogens with one attached hydrogen (secondary N) is 1. The fourth-order valence-corrected chi connectivity index (χ4v) is 3.50. The fourth-order valence-electron chi connectivity index (χ4n) is 3.50. The predicted molar refractivity (Wildman–Crippen MR) is 99.3 cm³/mol. The number of rotatable bonds is 4. The lowest BCUT2D eigenvalue weighted by Gasteiger charge is -2.22. The first kappa shape index (κ1) is 15.0. The molecule has 1 aliphatic carbocycles. The molecule has 24 heavy (non-hydrogen) atoms. The van der Waals surface area contributed by atoms with Gasteiger partial charge in [-0.2, -0.15) is 0 Å². The van der Waals surface area contributed by atoms with E-state index in [1.54, 1.807) is 0 Å². The molecular weight excluding hydrogens is 296 g/mol. The van der Waals surface area contributed by atoms with Gasteiger partial charge in [-0.15, -0.1) is 0 Å². The molecule has 1 aliphatic rings. The van der Waals surface area contributed by atoms with Crippen LogP contribution < -0.4 is 10.1 Å². The zero-order valence-corrected chi connectivity index (χ0v) is 14.0. The van der Waals surface area contributed by atoms with Crippen LogP contribution in [-0.2, 0) is 12.8 Å². The third kappa shape index (κ3) is 2.71. The van der Waals surface area contributed by atoms with Crippen LogP contribution in [0.3, 0.4) is 0 Å². The maximum absolute atomic E-state index is 5.79. The molecule has 4 rings (SSSR count). The molecule has 0 saturated carbocycles. The molecule has 122 valence electrons. The van der Waals surface area contributed by atoms with Gasteiger partial charge in [-0.3, -0.25) is 4.98 Å². The van der Waals surface area contributed by atoms with Crippen LogP contribution in [0.25, 0.3) is 10.9 Å². The Labute approximate surface area is 142 Å². The standard InChI is InChI=1S/C21H22N2O/c1-2-24-20-14-8-7-13-19(20)23-21-15-9-3-5-11-17(15)22-18-12-6-4-10-16(18)21/h3,5,7-9,11,13-14H,2,4,6,10,12H2,1H3,(H,22,23). The minimum atomic E-state index is 0.661. The Balaban J connectivity index is 1.87. The van der Waals surface area contributed by atoms with Crippen LogP contribution in [0.2, 0.25) is 0 Å². The Morgan fingerprint density at radius 1 is 1.00 bits per heavy atom. The van der Waals surface area contributed by atoms with Crippen molar-refractivity contribution in [2.24, 2.45) is 0 Å². The number of fused-ring (bicyclic) bond motifs is 2. The van der Waals surface area contributed by atoms with E-state index < -0.39 is 0 Å². The summed E-state index contributed by atoms with van der Waals surface area (Å²) in [5, 5.41) is 4.85. The van der Waals surface area contributed by atoms with Gasteiger partial charge in [-0.1, -0.05) is 30.3 Å². The van der Waals surface area contributed by atoms with Crippen molar-refractivity contribution in [2.75, 3.05) is 11.9 Å². The van der Waals surface area contributed by atoms with Crippen molar-refractivity contribution in [2.45, 2.75) is 32.6 Å². The van der Waals surface area contributed by atoms with E-state index in [-0.39, 0.29) is 0 Å². The summed E-state index contributed by atoms with van der Waals surface area (Å²) in [4.78, 5) is 4.91. The molecule has 1 N–H and O–H groups in total. The van der Waals surface area contributed by atoms with Crippen molar-refractivity contribution in [1.82, 2.24) is 4.98 Å². The zero-order chi connectivity index (χ0) is 16.4. The first-order chi connectivity index (χ1) is 11.9. The van der Waals surface area contributed by atoms with E-state index in [9.17, 15) is 0 Å². The largest absolute Gasteiger partial charge is 0.492 e. The van der Waals surface area contributed by atoms with Gasteiger partial charge in [0.1, 0.15) is 5.75 Å². The number of para-hydroxylation sites is 3. The molecular formula is C21H22N2O. The van der Waals surface area contributed by atoms with E-state index in [1.807, 2.05) is 25.1 Å². The maximum Gasteiger partial charge on any atom is 0.142 e. The zero-order valence-electron chi connectivity index (χ0n) is 14.0. The molecule has 3 aromatic rings. The first-order valence-corrected chi connectivity index (χ1v) is 8.76. The summed E-state index contributed by atoms with van der Waals surface area (Å²) >= 11 is 0. The van der Waals surface area contributed by atoms with Gasteiger partial charge in [-0.25, -0.2) is 0 Å². The van der Waals surface area contributed by atoms with Crippen molar-refractivity contribution in [3.8, 4) is 5.75 Å². The smallest absolute Gasteiger partial charge is 0.142 e. The summed E-state index contributed by atoms with van der Waals surface area (Å²) in [6.07, 6.45) is 4.62. The SMILES string of the molecule is CCOc1ccccc1Nc1c2c(nc3ccccc13)CCCC2. The molecule has 3 heteroatoms. The van der Waals surface area contributed by atoms with Crippen LogP contribution in [0.5, 0.6) is 5.75 Å². The highest BCUT2D eigenvalue weighted by molar-refractivity contribution is 5.95. The second-order valence-corrected chi connectivity index (χ2v) is 6.19. The fraction of sp³-hybridized carbons (Fsp3) is 0.286. The monoisotopic (exact) mass is 318 g/mol. The average Bonchev–Trinajstić information content (AvgIpc) is 2.63. The van der Waals surface area contributed by atoms with Crippen LogP contribution in [0.15, 0.2) is 48.5 Å². The maximum atomic E-state index is 5.79. The molecule has 0 unspecified atom stereocenters. The number of nitrogens with zero attached hydrogens (tertiary/aromatic N) is 1. The van der Waals surface area contributed by atoms with Crippen molar-refractivity contribution in [3.05, 3.63) is 59.8 Å². The molecule has 0 amide bonds. The third-order valence-electron chi connectivity index (χ3n) is 4.62. The summed E-state index contributed by atoms with van der Waals surface area (Å²) in [5.74, 6) is 0.894. The van der Waals surface area contributed by atoms with Gasteiger partial charge in [0, 0.05) is 11.1 Å². The molecule has 0 atom stereocenters. The molecule has 1 heterocycles. The molecule has 3 nitrogen and oxygen atoms in total. The highest BCUT2D eigenvalue weighted by Crippen LogP contribution is 2.37. The van der Waals surface area contributed by atoms with E-state index in [0.29, 0.717) is 6.61 Å². The van der Waals surface area contributed by atoms with E-state index in [0.717, 1.165) is 29.8 Å². The Morgan fingerprint density at radius 2 is 1.79 bits per heavy atom. The summed E-state index contributed by atoms with van der Waals surface area (Å²) in [6.45, 7) is 2.67. The molecule has 1 aromatic heterocycles. The van der Waals surface area contributed by atoms with Gasteiger partial charge in [0.05, 0.1) is 23.5 Å². The molecule has 0 aliphatic heterocycles. The minimum absolute atomic E-state index is 0.661.